The third kappa shape index (κ3) is 3.76. The van der Waals surface area contributed by atoms with Crippen LogP contribution in [0.25, 0.3) is 11.3 Å². The van der Waals surface area contributed by atoms with Crippen LogP contribution in [0, 0.1) is 0 Å². The Morgan fingerprint density at radius 2 is 1.64 bits per heavy atom. The fraction of sp³-hybridized carbons (Fsp3) is 0.267. The summed E-state index contributed by atoms with van der Waals surface area (Å²) in [6.45, 7) is 3.81. The van der Waals surface area contributed by atoms with E-state index in [1.165, 1.54) is 6.07 Å². The summed E-state index contributed by atoms with van der Waals surface area (Å²) in [4.78, 5) is 15.0. The molecule has 0 aliphatic carbocycles. The lowest BCUT2D eigenvalue weighted by Crippen LogP contribution is -2.29. The second-order valence-electron chi connectivity index (χ2n) is 4.43. The van der Waals surface area contributed by atoms with Gasteiger partial charge in [0.05, 0.1) is 13.2 Å². The van der Waals surface area contributed by atoms with Crippen LogP contribution in [0.15, 0.2) is 45.7 Å². The molecule has 1 aromatic heterocycles. The van der Waals surface area contributed by atoms with Crippen molar-refractivity contribution in [1.29, 1.82) is 0 Å². The molecule has 7 heteroatoms. The summed E-state index contributed by atoms with van der Waals surface area (Å²) in [6.07, 6.45) is 0. The predicted octanol–water partition coefficient (Wildman–Crippen LogP) is 3.70. The van der Waals surface area contributed by atoms with Gasteiger partial charge in [-0.2, -0.15) is 0 Å². The first-order valence-corrected chi connectivity index (χ1v) is 9.22. The summed E-state index contributed by atoms with van der Waals surface area (Å²) in [5, 5.41) is 0.0251. The summed E-state index contributed by atoms with van der Waals surface area (Å²) in [5.74, 6) is 0. The average molecular weight is 386 g/mol. The van der Waals surface area contributed by atoms with Gasteiger partial charge in [0.1, 0.15) is 5.30 Å². The van der Waals surface area contributed by atoms with Gasteiger partial charge in [-0.3, -0.25) is 9.36 Å². The maximum Gasteiger partial charge on any atom is 0.366 e. The molecule has 0 aliphatic heterocycles. The first-order chi connectivity index (χ1) is 10.5. The molecule has 0 saturated carbocycles. The number of nitrogens with one attached hydrogen (secondary N) is 1. The van der Waals surface area contributed by atoms with Crippen molar-refractivity contribution >= 4 is 28.8 Å². The smallest absolute Gasteiger partial charge is 0.321 e. The van der Waals surface area contributed by atoms with E-state index in [4.69, 9.17) is 9.05 Å². The number of aromatic nitrogens is 1. The molecule has 2 rings (SSSR count). The van der Waals surface area contributed by atoms with Crippen LogP contribution in [0.3, 0.4) is 0 Å². The van der Waals surface area contributed by atoms with Crippen molar-refractivity contribution in [3.63, 3.8) is 0 Å². The van der Waals surface area contributed by atoms with Gasteiger partial charge < -0.3 is 14.0 Å². The lowest BCUT2D eigenvalue weighted by molar-refractivity contribution is 0.229. The van der Waals surface area contributed by atoms with Gasteiger partial charge in [-0.15, -0.1) is 0 Å². The molecule has 1 aromatic carbocycles. The van der Waals surface area contributed by atoms with Gasteiger partial charge in [0.2, 0.25) is 0 Å². The summed E-state index contributed by atoms with van der Waals surface area (Å²) < 4.78 is 24.0. The molecule has 5 nitrogen and oxygen atoms in total. The second-order valence-corrected chi connectivity index (χ2v) is 7.34. The highest BCUT2D eigenvalue weighted by atomic mass is 79.9. The topological polar surface area (TPSA) is 68.4 Å². The van der Waals surface area contributed by atoms with E-state index >= 15 is 0 Å². The predicted molar refractivity (Wildman–Crippen MR) is 90.7 cm³/mol. The number of benzene rings is 1. The average Bonchev–Trinajstić information content (AvgIpc) is 2.48. The monoisotopic (exact) mass is 385 g/mol. The van der Waals surface area contributed by atoms with Crippen LogP contribution >= 0.6 is 23.5 Å². The highest BCUT2D eigenvalue weighted by Gasteiger charge is 2.30. The highest BCUT2D eigenvalue weighted by Crippen LogP contribution is 2.45. The second kappa shape index (κ2) is 7.38. The zero-order chi connectivity index (χ0) is 16.2. The van der Waals surface area contributed by atoms with E-state index in [1.807, 2.05) is 24.3 Å². The summed E-state index contributed by atoms with van der Waals surface area (Å²) in [5.41, 5.74) is 1.03. The van der Waals surface area contributed by atoms with Gasteiger partial charge in [0, 0.05) is 10.2 Å². The molecule has 0 aliphatic rings. The molecule has 0 unspecified atom stereocenters. The van der Waals surface area contributed by atoms with Gasteiger partial charge in [0.15, 0.2) is 0 Å². The molecule has 118 valence electrons. The van der Waals surface area contributed by atoms with Crippen LogP contribution in [0.1, 0.15) is 13.8 Å². The molecule has 1 heterocycles. The molecule has 1 N–H and O–H groups in total. The minimum absolute atomic E-state index is 0.0251. The van der Waals surface area contributed by atoms with Crippen LogP contribution in [-0.4, -0.2) is 18.2 Å². The number of aromatic amines is 1. The van der Waals surface area contributed by atoms with Crippen molar-refractivity contribution in [2.45, 2.75) is 13.8 Å². The minimum atomic E-state index is -3.58. The van der Waals surface area contributed by atoms with Crippen LogP contribution in [0.2, 0.25) is 0 Å². The van der Waals surface area contributed by atoms with Gasteiger partial charge in [-0.25, -0.2) is 0 Å². The lowest BCUT2D eigenvalue weighted by Gasteiger charge is -2.16. The third-order valence-electron chi connectivity index (χ3n) is 2.94. The van der Waals surface area contributed by atoms with Crippen molar-refractivity contribution in [1.82, 2.24) is 4.98 Å². The van der Waals surface area contributed by atoms with Crippen LogP contribution in [0.5, 0.6) is 0 Å². The van der Waals surface area contributed by atoms with Crippen molar-refractivity contribution in [3.8, 4) is 11.3 Å². The number of H-pyrrole nitrogens is 1. The Bertz CT molecular complexity index is 732. The Morgan fingerprint density at radius 3 is 2.14 bits per heavy atom. The lowest BCUT2D eigenvalue weighted by atomic mass is 10.1. The van der Waals surface area contributed by atoms with E-state index in [0.717, 1.165) is 10.0 Å². The molecule has 0 fully saturated rings. The Hall–Kier alpha value is -1.20. The molecular weight excluding hydrogens is 369 g/mol. The molecule has 0 atom stereocenters. The Balaban J connectivity index is 2.43. The maximum absolute atomic E-state index is 12.7. The molecule has 0 saturated heterocycles. The number of rotatable bonds is 6. The summed E-state index contributed by atoms with van der Waals surface area (Å²) in [7, 11) is -3.58. The molecule has 0 bridgehead atoms. The zero-order valence-corrected chi connectivity index (χ0v) is 14.8. The Kier molecular flexibility index (Phi) is 5.75. The van der Waals surface area contributed by atoms with E-state index in [-0.39, 0.29) is 18.5 Å². The van der Waals surface area contributed by atoms with Gasteiger partial charge in [-0.1, -0.05) is 28.1 Å². The number of pyridine rings is 1. The van der Waals surface area contributed by atoms with Crippen molar-refractivity contribution in [2.24, 2.45) is 0 Å². The van der Waals surface area contributed by atoms with E-state index in [2.05, 4.69) is 20.9 Å². The first-order valence-electron chi connectivity index (χ1n) is 6.89. The Labute approximate surface area is 137 Å². The number of halogens is 1. The Morgan fingerprint density at radius 1 is 1.05 bits per heavy atom. The number of hydrogen-bond acceptors (Lipinski definition) is 4. The van der Waals surface area contributed by atoms with Crippen molar-refractivity contribution in [2.75, 3.05) is 13.2 Å². The fourth-order valence-electron chi connectivity index (χ4n) is 2.00. The minimum Gasteiger partial charge on any atom is -0.321 e. The standard InChI is InChI=1S/C15H17BrNO4P/c1-3-20-22(19,21-4-2)14-10-9-13(17-15(14)18)11-5-7-12(16)8-6-11/h5-10H,3-4H2,1-2H3,(H,17,18). The third-order valence-corrected chi connectivity index (χ3v) is 5.60. The quantitative estimate of drug-likeness (QED) is 0.769. The van der Waals surface area contributed by atoms with Crippen molar-refractivity contribution in [3.05, 3.63) is 51.2 Å². The SMILES string of the molecule is CCOP(=O)(OCC)c1ccc(-c2ccc(Br)cc2)[nH]c1=O. The summed E-state index contributed by atoms with van der Waals surface area (Å²) >= 11 is 3.36. The normalized spacial score (nSPS) is 11.6. The van der Waals surface area contributed by atoms with Gasteiger partial charge >= 0.3 is 7.60 Å². The fourth-order valence-corrected chi connectivity index (χ4v) is 3.85. The molecule has 0 radical (unpaired) electrons. The van der Waals surface area contributed by atoms with Gasteiger partial charge in [-0.05, 0) is 43.7 Å². The first kappa shape index (κ1) is 17.2. The van der Waals surface area contributed by atoms with Gasteiger partial charge in [0.25, 0.3) is 5.56 Å². The maximum atomic E-state index is 12.7. The van der Waals surface area contributed by atoms with E-state index in [1.54, 1.807) is 19.9 Å². The summed E-state index contributed by atoms with van der Waals surface area (Å²) in [6, 6.07) is 10.7. The van der Waals surface area contributed by atoms with E-state index < -0.39 is 13.2 Å². The molecule has 0 spiro atoms. The molecule has 0 amide bonds. The van der Waals surface area contributed by atoms with Crippen LogP contribution < -0.4 is 10.9 Å². The zero-order valence-electron chi connectivity index (χ0n) is 12.3. The van der Waals surface area contributed by atoms with Crippen LogP contribution in [-0.2, 0) is 13.6 Å². The van der Waals surface area contributed by atoms with E-state index in [9.17, 15) is 9.36 Å². The van der Waals surface area contributed by atoms with Crippen LogP contribution in [0.4, 0.5) is 0 Å². The largest absolute Gasteiger partial charge is 0.366 e. The number of hydrogen-bond donors (Lipinski definition) is 1. The molecule has 2 aromatic rings. The molecular formula is C15H17BrNO4P. The van der Waals surface area contributed by atoms with Crippen molar-refractivity contribution < 1.29 is 13.6 Å². The van der Waals surface area contributed by atoms with E-state index in [0.29, 0.717) is 5.69 Å². The molecule has 22 heavy (non-hydrogen) atoms. The highest BCUT2D eigenvalue weighted by molar-refractivity contribution is 9.10.